The average molecular weight is 415 g/mol. The molecule has 0 N–H and O–H groups in total. The lowest BCUT2D eigenvalue weighted by molar-refractivity contribution is 0.355. The van der Waals surface area contributed by atoms with Crippen LogP contribution >= 0.6 is 0 Å². The Morgan fingerprint density at radius 3 is 2.21 bits per heavy atom. The Kier molecular flexibility index (Phi) is 6.08. The van der Waals surface area contributed by atoms with Crippen LogP contribution in [0.25, 0.3) is 0 Å². The molecule has 152 valence electrons. The highest BCUT2D eigenvalue weighted by molar-refractivity contribution is 7.92. The van der Waals surface area contributed by atoms with Crippen molar-refractivity contribution in [1.29, 1.82) is 0 Å². The molecule has 3 aromatic carbocycles. The van der Waals surface area contributed by atoms with E-state index in [1.807, 2.05) is 31.2 Å². The summed E-state index contributed by atoms with van der Waals surface area (Å²) in [5.41, 5.74) is 2.25. The van der Waals surface area contributed by atoms with Crippen LogP contribution in [0, 0.1) is 12.7 Å². The van der Waals surface area contributed by atoms with Gasteiger partial charge in [0.25, 0.3) is 10.0 Å². The average Bonchev–Trinajstić information content (AvgIpc) is 2.72. The standard InChI is InChI=1S/C22H22FNO4S/c1-16-7-9-17(10-8-16)15-24(19-11-12-21(27-2)22(14-19)28-3)29(25,26)20-6-4-5-18(23)13-20/h4-14H,15H2,1-3H3. The third-order valence-electron chi connectivity index (χ3n) is 4.49. The van der Waals surface area contributed by atoms with E-state index < -0.39 is 15.8 Å². The summed E-state index contributed by atoms with van der Waals surface area (Å²) < 4.78 is 52.3. The fourth-order valence-electron chi connectivity index (χ4n) is 2.91. The Bertz CT molecular complexity index is 1100. The molecule has 0 fully saturated rings. The maximum atomic E-state index is 13.7. The highest BCUT2D eigenvalue weighted by Gasteiger charge is 2.26. The van der Waals surface area contributed by atoms with E-state index in [0.717, 1.165) is 17.2 Å². The molecule has 0 heterocycles. The molecule has 0 radical (unpaired) electrons. The van der Waals surface area contributed by atoms with Gasteiger partial charge in [0.1, 0.15) is 5.82 Å². The number of hydrogen-bond donors (Lipinski definition) is 0. The molecule has 0 atom stereocenters. The molecule has 7 heteroatoms. The van der Waals surface area contributed by atoms with Crippen molar-refractivity contribution in [2.24, 2.45) is 0 Å². The van der Waals surface area contributed by atoms with Gasteiger partial charge in [-0.2, -0.15) is 0 Å². The first kappa shape index (κ1) is 20.7. The number of anilines is 1. The minimum absolute atomic E-state index is 0.0780. The Morgan fingerprint density at radius 1 is 0.897 bits per heavy atom. The molecule has 29 heavy (non-hydrogen) atoms. The zero-order valence-corrected chi connectivity index (χ0v) is 17.2. The number of sulfonamides is 1. The third kappa shape index (κ3) is 4.51. The van der Waals surface area contributed by atoms with Crippen LogP contribution in [0.3, 0.4) is 0 Å². The first-order valence-electron chi connectivity index (χ1n) is 8.91. The van der Waals surface area contributed by atoms with E-state index in [4.69, 9.17) is 9.47 Å². The molecule has 0 aliphatic rings. The molecule has 3 rings (SSSR count). The molecule has 0 aromatic heterocycles. The number of ether oxygens (including phenoxy) is 2. The highest BCUT2D eigenvalue weighted by Crippen LogP contribution is 2.34. The Labute approximate surface area is 170 Å². The summed E-state index contributed by atoms with van der Waals surface area (Å²) in [7, 11) is -1.05. The maximum Gasteiger partial charge on any atom is 0.264 e. The van der Waals surface area contributed by atoms with E-state index >= 15 is 0 Å². The molecule has 0 unspecified atom stereocenters. The van der Waals surface area contributed by atoms with E-state index in [0.29, 0.717) is 17.2 Å². The highest BCUT2D eigenvalue weighted by atomic mass is 32.2. The zero-order chi connectivity index (χ0) is 21.0. The van der Waals surface area contributed by atoms with Crippen LogP contribution in [0.2, 0.25) is 0 Å². The number of aryl methyl sites for hydroxylation is 1. The topological polar surface area (TPSA) is 55.8 Å². The van der Waals surface area contributed by atoms with Crippen molar-refractivity contribution in [1.82, 2.24) is 0 Å². The molecule has 0 aliphatic heterocycles. The largest absolute Gasteiger partial charge is 0.493 e. The number of hydrogen-bond acceptors (Lipinski definition) is 4. The van der Waals surface area contributed by atoms with Crippen molar-refractivity contribution in [3.05, 3.63) is 83.7 Å². The molecule has 0 aliphatic carbocycles. The Hall–Kier alpha value is -3.06. The predicted octanol–water partition coefficient (Wildman–Crippen LogP) is 4.55. The van der Waals surface area contributed by atoms with Gasteiger partial charge in [-0.1, -0.05) is 35.9 Å². The minimum Gasteiger partial charge on any atom is -0.493 e. The van der Waals surface area contributed by atoms with Crippen molar-refractivity contribution in [2.45, 2.75) is 18.4 Å². The van der Waals surface area contributed by atoms with E-state index in [1.54, 1.807) is 18.2 Å². The number of rotatable bonds is 7. The zero-order valence-electron chi connectivity index (χ0n) is 16.4. The number of methoxy groups -OCH3 is 2. The van der Waals surface area contributed by atoms with Crippen molar-refractivity contribution >= 4 is 15.7 Å². The second-order valence-corrected chi connectivity index (χ2v) is 8.36. The second-order valence-electron chi connectivity index (χ2n) is 6.49. The normalized spacial score (nSPS) is 11.2. The fourth-order valence-corrected chi connectivity index (χ4v) is 4.39. The van der Waals surface area contributed by atoms with Gasteiger partial charge in [0.05, 0.1) is 31.3 Å². The first-order chi connectivity index (χ1) is 13.8. The number of benzene rings is 3. The lowest BCUT2D eigenvalue weighted by Crippen LogP contribution is -2.30. The number of nitrogens with zero attached hydrogens (tertiary/aromatic N) is 1. The minimum atomic E-state index is -4.03. The van der Waals surface area contributed by atoms with Crippen molar-refractivity contribution in [3.8, 4) is 11.5 Å². The summed E-state index contributed by atoms with van der Waals surface area (Å²) in [5, 5.41) is 0. The van der Waals surface area contributed by atoms with Crippen LogP contribution in [0.15, 0.2) is 71.6 Å². The van der Waals surface area contributed by atoms with Crippen molar-refractivity contribution in [2.75, 3.05) is 18.5 Å². The number of halogens is 1. The summed E-state index contributed by atoms with van der Waals surface area (Å²) in [6, 6.07) is 17.4. The van der Waals surface area contributed by atoms with Crippen LogP contribution < -0.4 is 13.8 Å². The molecule has 0 spiro atoms. The van der Waals surface area contributed by atoms with E-state index in [9.17, 15) is 12.8 Å². The van der Waals surface area contributed by atoms with E-state index in [2.05, 4.69) is 0 Å². The molecule has 5 nitrogen and oxygen atoms in total. The second kappa shape index (κ2) is 8.53. The molecule has 0 amide bonds. The predicted molar refractivity (Wildman–Crippen MR) is 110 cm³/mol. The van der Waals surface area contributed by atoms with Crippen LogP contribution in [-0.2, 0) is 16.6 Å². The summed E-state index contributed by atoms with van der Waals surface area (Å²) in [4.78, 5) is -0.126. The molecule has 0 bridgehead atoms. The monoisotopic (exact) mass is 415 g/mol. The molecule has 0 saturated carbocycles. The first-order valence-corrected chi connectivity index (χ1v) is 10.3. The molecule has 3 aromatic rings. The molecule has 0 saturated heterocycles. The maximum absolute atomic E-state index is 13.7. The van der Waals surface area contributed by atoms with Gasteiger partial charge in [-0.15, -0.1) is 0 Å². The van der Waals surface area contributed by atoms with Crippen LogP contribution in [0.1, 0.15) is 11.1 Å². The van der Waals surface area contributed by atoms with Gasteiger partial charge < -0.3 is 9.47 Å². The van der Waals surface area contributed by atoms with E-state index in [1.165, 1.54) is 36.7 Å². The van der Waals surface area contributed by atoms with Crippen LogP contribution in [0.5, 0.6) is 11.5 Å². The smallest absolute Gasteiger partial charge is 0.264 e. The van der Waals surface area contributed by atoms with Gasteiger partial charge in [0.2, 0.25) is 0 Å². The lowest BCUT2D eigenvalue weighted by Gasteiger charge is -2.25. The van der Waals surface area contributed by atoms with Crippen LogP contribution in [0.4, 0.5) is 10.1 Å². The van der Waals surface area contributed by atoms with Gasteiger partial charge in [-0.3, -0.25) is 4.31 Å². The van der Waals surface area contributed by atoms with Gasteiger partial charge in [-0.05, 0) is 42.8 Å². The summed E-state index contributed by atoms with van der Waals surface area (Å²) in [6.45, 7) is 2.04. The van der Waals surface area contributed by atoms with Crippen molar-refractivity contribution in [3.63, 3.8) is 0 Å². The Balaban J connectivity index is 2.12. The molecular formula is C22H22FNO4S. The Morgan fingerprint density at radius 2 is 1.59 bits per heavy atom. The van der Waals surface area contributed by atoms with Gasteiger partial charge in [-0.25, -0.2) is 12.8 Å². The third-order valence-corrected chi connectivity index (χ3v) is 6.26. The quantitative estimate of drug-likeness (QED) is 0.568. The summed E-state index contributed by atoms with van der Waals surface area (Å²) in [5.74, 6) is 0.261. The summed E-state index contributed by atoms with van der Waals surface area (Å²) in [6.07, 6.45) is 0. The van der Waals surface area contributed by atoms with Crippen molar-refractivity contribution < 1.29 is 22.3 Å². The molecular weight excluding hydrogens is 393 g/mol. The SMILES string of the molecule is COc1ccc(N(Cc2ccc(C)cc2)S(=O)(=O)c2cccc(F)c2)cc1OC. The van der Waals surface area contributed by atoms with Gasteiger partial charge in [0.15, 0.2) is 11.5 Å². The van der Waals surface area contributed by atoms with E-state index in [-0.39, 0.29) is 11.4 Å². The van der Waals surface area contributed by atoms with Crippen LogP contribution in [-0.4, -0.2) is 22.6 Å². The van der Waals surface area contributed by atoms with Gasteiger partial charge >= 0.3 is 0 Å². The van der Waals surface area contributed by atoms with Gasteiger partial charge in [0, 0.05) is 6.07 Å². The summed E-state index contributed by atoms with van der Waals surface area (Å²) >= 11 is 0. The lowest BCUT2D eigenvalue weighted by atomic mass is 10.1. The fraction of sp³-hybridized carbons (Fsp3) is 0.182.